The number of hydrogen-bond donors (Lipinski definition) is 1. The van der Waals surface area contributed by atoms with E-state index in [0.717, 1.165) is 17.7 Å². The van der Waals surface area contributed by atoms with Gasteiger partial charge in [-0.15, -0.1) is 10.2 Å². The Balaban J connectivity index is 1.75. The van der Waals surface area contributed by atoms with Crippen LogP contribution in [0.25, 0.3) is 0 Å². The lowest BCUT2D eigenvalue weighted by atomic mass is 10.4. The first kappa shape index (κ1) is 9.98. The van der Waals surface area contributed by atoms with E-state index in [1.165, 1.54) is 12.8 Å². The second-order valence-electron chi connectivity index (χ2n) is 3.84. The highest BCUT2D eigenvalue weighted by molar-refractivity contribution is 7.99. The van der Waals surface area contributed by atoms with Crippen LogP contribution in [0, 0.1) is 0 Å². The number of rotatable bonds is 5. The Morgan fingerprint density at radius 1 is 1.71 bits per heavy atom. The Morgan fingerprint density at radius 3 is 3.07 bits per heavy atom. The first-order valence-electron chi connectivity index (χ1n) is 4.99. The molecule has 78 valence electrons. The Morgan fingerprint density at radius 2 is 2.50 bits per heavy atom. The molecule has 2 rings (SSSR count). The fourth-order valence-corrected chi connectivity index (χ4v) is 2.07. The minimum absolute atomic E-state index is 0.554. The summed E-state index contributed by atoms with van der Waals surface area (Å²) in [6.07, 6.45) is 4.44. The van der Waals surface area contributed by atoms with Gasteiger partial charge in [-0.1, -0.05) is 18.7 Å². The molecule has 1 fully saturated rings. The molecule has 0 bridgehead atoms. The van der Waals surface area contributed by atoms with Gasteiger partial charge in [-0.05, 0) is 12.8 Å². The van der Waals surface area contributed by atoms with Crippen molar-refractivity contribution in [2.24, 2.45) is 7.05 Å². The van der Waals surface area contributed by atoms with Crippen molar-refractivity contribution in [2.75, 3.05) is 6.54 Å². The van der Waals surface area contributed by atoms with E-state index in [-0.39, 0.29) is 0 Å². The van der Waals surface area contributed by atoms with Gasteiger partial charge in [0.1, 0.15) is 6.33 Å². The Bertz CT molecular complexity index is 295. The zero-order chi connectivity index (χ0) is 9.97. The van der Waals surface area contributed by atoms with E-state index in [1.54, 1.807) is 18.1 Å². The van der Waals surface area contributed by atoms with Crippen LogP contribution in [0.3, 0.4) is 0 Å². The van der Waals surface area contributed by atoms with E-state index in [9.17, 15) is 0 Å². The maximum Gasteiger partial charge on any atom is 0.191 e. The van der Waals surface area contributed by atoms with E-state index < -0.39 is 0 Å². The average Bonchev–Trinajstić information content (AvgIpc) is 2.90. The summed E-state index contributed by atoms with van der Waals surface area (Å²) in [6.45, 7) is 3.27. The lowest BCUT2D eigenvalue weighted by Gasteiger charge is -2.10. The van der Waals surface area contributed by atoms with Gasteiger partial charge in [-0.25, -0.2) is 0 Å². The van der Waals surface area contributed by atoms with Crippen LogP contribution in [0.15, 0.2) is 11.5 Å². The molecular weight excluding hydrogens is 196 g/mol. The average molecular weight is 212 g/mol. The van der Waals surface area contributed by atoms with Gasteiger partial charge in [0.2, 0.25) is 0 Å². The molecule has 5 heteroatoms. The molecule has 1 aromatic heterocycles. The Labute approximate surface area is 88.5 Å². The molecule has 1 aliphatic rings. The first-order chi connectivity index (χ1) is 6.75. The fourth-order valence-electron chi connectivity index (χ4n) is 1.22. The molecule has 0 radical (unpaired) electrons. The van der Waals surface area contributed by atoms with Gasteiger partial charge in [0, 0.05) is 24.9 Å². The van der Waals surface area contributed by atoms with Crippen molar-refractivity contribution in [1.82, 2.24) is 20.1 Å². The van der Waals surface area contributed by atoms with Gasteiger partial charge in [0.25, 0.3) is 0 Å². The van der Waals surface area contributed by atoms with Crippen LogP contribution < -0.4 is 5.32 Å². The zero-order valence-corrected chi connectivity index (χ0v) is 9.42. The number of aryl methyl sites for hydroxylation is 1. The Kier molecular flexibility index (Phi) is 3.08. The van der Waals surface area contributed by atoms with Crippen molar-refractivity contribution in [3.05, 3.63) is 6.33 Å². The van der Waals surface area contributed by atoms with Gasteiger partial charge in [-0.3, -0.25) is 0 Å². The summed E-state index contributed by atoms with van der Waals surface area (Å²) >= 11 is 1.77. The summed E-state index contributed by atoms with van der Waals surface area (Å²) in [5, 5.41) is 13.0. The van der Waals surface area contributed by atoms with E-state index >= 15 is 0 Å². The van der Waals surface area contributed by atoms with Crippen LogP contribution in [0.4, 0.5) is 0 Å². The first-order valence-corrected chi connectivity index (χ1v) is 5.87. The number of hydrogen-bond acceptors (Lipinski definition) is 4. The Hall–Kier alpha value is -0.550. The molecule has 1 N–H and O–H groups in total. The van der Waals surface area contributed by atoms with Crippen molar-refractivity contribution in [1.29, 1.82) is 0 Å². The lowest BCUT2D eigenvalue weighted by molar-refractivity contribution is 0.675. The highest BCUT2D eigenvalue weighted by Gasteiger charge is 2.21. The van der Waals surface area contributed by atoms with Crippen LogP contribution >= 0.6 is 11.8 Å². The summed E-state index contributed by atoms with van der Waals surface area (Å²) in [7, 11) is 1.98. The van der Waals surface area contributed by atoms with E-state index in [2.05, 4.69) is 22.4 Å². The number of nitrogens with one attached hydrogen (secondary N) is 1. The van der Waals surface area contributed by atoms with Gasteiger partial charge in [-0.2, -0.15) is 0 Å². The molecule has 4 nitrogen and oxygen atoms in total. The predicted molar refractivity (Wildman–Crippen MR) is 57.3 cm³/mol. The summed E-state index contributed by atoms with van der Waals surface area (Å²) in [5.41, 5.74) is 0. The minimum Gasteiger partial charge on any atom is -0.313 e. The van der Waals surface area contributed by atoms with Crippen molar-refractivity contribution >= 4 is 11.8 Å². The van der Waals surface area contributed by atoms with Gasteiger partial charge in [0.15, 0.2) is 5.16 Å². The largest absolute Gasteiger partial charge is 0.313 e. The van der Waals surface area contributed by atoms with Crippen molar-refractivity contribution in [2.45, 2.75) is 36.2 Å². The normalized spacial score (nSPS) is 18.4. The topological polar surface area (TPSA) is 42.7 Å². The number of nitrogens with zero attached hydrogens (tertiary/aromatic N) is 3. The third-order valence-corrected chi connectivity index (χ3v) is 3.40. The van der Waals surface area contributed by atoms with Crippen molar-refractivity contribution in [3.63, 3.8) is 0 Å². The predicted octanol–water partition coefficient (Wildman–Crippen LogP) is 1.05. The summed E-state index contributed by atoms with van der Waals surface area (Å²) in [5.74, 6) is 0. The molecule has 1 atom stereocenters. The maximum atomic E-state index is 4.05. The standard InChI is InChI=1S/C9H16N4S/c1-7(5-10-8-3-4-8)14-9-12-11-6-13(9)2/h6-8,10H,3-5H2,1-2H3. The lowest BCUT2D eigenvalue weighted by Crippen LogP contribution is -2.24. The van der Waals surface area contributed by atoms with E-state index in [4.69, 9.17) is 0 Å². The molecule has 0 saturated heterocycles. The van der Waals surface area contributed by atoms with Crippen LogP contribution in [-0.4, -0.2) is 32.6 Å². The second kappa shape index (κ2) is 4.31. The molecule has 0 spiro atoms. The molecule has 0 amide bonds. The molecule has 1 saturated carbocycles. The highest BCUT2D eigenvalue weighted by Crippen LogP contribution is 2.22. The van der Waals surface area contributed by atoms with Crippen LogP contribution in [0.1, 0.15) is 19.8 Å². The molecule has 1 aromatic rings. The molecule has 0 aliphatic heterocycles. The van der Waals surface area contributed by atoms with Gasteiger partial charge >= 0.3 is 0 Å². The van der Waals surface area contributed by atoms with Crippen LogP contribution in [0.5, 0.6) is 0 Å². The van der Waals surface area contributed by atoms with Crippen molar-refractivity contribution in [3.8, 4) is 0 Å². The zero-order valence-electron chi connectivity index (χ0n) is 8.60. The molecule has 1 unspecified atom stereocenters. The summed E-state index contributed by atoms with van der Waals surface area (Å²) < 4.78 is 1.96. The van der Waals surface area contributed by atoms with E-state index in [1.807, 2.05) is 11.6 Å². The minimum atomic E-state index is 0.554. The fraction of sp³-hybridized carbons (Fsp3) is 0.778. The molecule has 1 aliphatic carbocycles. The monoisotopic (exact) mass is 212 g/mol. The number of aromatic nitrogens is 3. The van der Waals surface area contributed by atoms with Gasteiger partial charge in [0.05, 0.1) is 0 Å². The SMILES string of the molecule is CC(CNC1CC1)Sc1nncn1C. The number of thioether (sulfide) groups is 1. The summed E-state index contributed by atoms with van der Waals surface area (Å²) in [4.78, 5) is 0. The molecule has 0 aromatic carbocycles. The third kappa shape index (κ3) is 2.72. The van der Waals surface area contributed by atoms with Gasteiger partial charge < -0.3 is 9.88 Å². The summed E-state index contributed by atoms with van der Waals surface area (Å²) in [6, 6.07) is 0.789. The molecular formula is C9H16N4S. The smallest absolute Gasteiger partial charge is 0.191 e. The third-order valence-electron chi connectivity index (χ3n) is 2.25. The van der Waals surface area contributed by atoms with Crippen molar-refractivity contribution < 1.29 is 0 Å². The van der Waals surface area contributed by atoms with Crippen LogP contribution in [0.2, 0.25) is 0 Å². The quantitative estimate of drug-likeness (QED) is 0.741. The second-order valence-corrected chi connectivity index (χ2v) is 5.24. The molecule has 14 heavy (non-hydrogen) atoms. The maximum absolute atomic E-state index is 4.05. The van der Waals surface area contributed by atoms with Crippen LogP contribution in [-0.2, 0) is 7.05 Å². The highest BCUT2D eigenvalue weighted by atomic mass is 32.2. The van der Waals surface area contributed by atoms with E-state index in [0.29, 0.717) is 5.25 Å². The molecule has 1 heterocycles.